The Morgan fingerprint density at radius 1 is 1.22 bits per heavy atom. The lowest BCUT2D eigenvalue weighted by atomic mass is 9.98. The molecule has 0 aliphatic heterocycles. The topological polar surface area (TPSA) is 12.0 Å². The van der Waals surface area contributed by atoms with Crippen LogP contribution in [0.1, 0.15) is 17.2 Å². The van der Waals surface area contributed by atoms with Gasteiger partial charge < -0.3 is 5.32 Å². The molecule has 94 valence electrons. The Morgan fingerprint density at radius 2 is 1.89 bits per heavy atom. The fourth-order valence-electron chi connectivity index (χ4n) is 1.91. The average molecular weight is 329 g/mol. The lowest BCUT2D eigenvalue weighted by molar-refractivity contribution is 0.575. The number of rotatable bonds is 3. The van der Waals surface area contributed by atoms with Crippen LogP contribution in [0.3, 0.4) is 0 Å². The summed E-state index contributed by atoms with van der Waals surface area (Å²) in [4.78, 5) is 0. The largest absolute Gasteiger partial charge is 0.309 e. The van der Waals surface area contributed by atoms with Crippen LogP contribution in [0.4, 0.5) is 4.39 Å². The molecule has 0 saturated heterocycles. The second-order valence-electron chi connectivity index (χ2n) is 3.92. The number of halogens is 3. The van der Waals surface area contributed by atoms with Crippen LogP contribution < -0.4 is 5.32 Å². The fourth-order valence-corrected chi connectivity index (χ4v) is 2.39. The van der Waals surface area contributed by atoms with Crippen LogP contribution in [0.2, 0.25) is 5.02 Å². The van der Waals surface area contributed by atoms with E-state index < -0.39 is 0 Å². The molecule has 0 aliphatic rings. The van der Waals surface area contributed by atoms with Crippen LogP contribution in [-0.4, -0.2) is 7.05 Å². The molecule has 2 aromatic rings. The van der Waals surface area contributed by atoms with Gasteiger partial charge in [0.1, 0.15) is 5.82 Å². The summed E-state index contributed by atoms with van der Waals surface area (Å²) >= 11 is 9.25. The first-order valence-corrected chi connectivity index (χ1v) is 6.67. The predicted octanol–water partition coefficient (Wildman–Crippen LogP) is 4.55. The van der Waals surface area contributed by atoms with E-state index in [9.17, 15) is 4.39 Å². The van der Waals surface area contributed by atoms with Gasteiger partial charge in [0, 0.05) is 10.0 Å². The second-order valence-corrected chi connectivity index (χ2v) is 5.18. The molecule has 18 heavy (non-hydrogen) atoms. The molecular formula is C14H12BrClFN. The zero-order valence-corrected chi connectivity index (χ0v) is 12.1. The van der Waals surface area contributed by atoms with Crippen molar-refractivity contribution < 1.29 is 4.39 Å². The van der Waals surface area contributed by atoms with Crippen LogP contribution in [0, 0.1) is 5.82 Å². The number of hydrogen-bond donors (Lipinski definition) is 1. The molecule has 1 nitrogen and oxygen atoms in total. The molecular weight excluding hydrogens is 317 g/mol. The maximum atomic E-state index is 14.0. The smallest absolute Gasteiger partial charge is 0.129 e. The SMILES string of the molecule is CNC(c1ccccc1)c1cc(Cl)c(Br)cc1F. The van der Waals surface area contributed by atoms with Crippen LogP contribution in [-0.2, 0) is 0 Å². The molecule has 2 rings (SSSR count). The molecule has 1 atom stereocenters. The lowest BCUT2D eigenvalue weighted by Gasteiger charge is -2.18. The van der Waals surface area contributed by atoms with E-state index in [1.54, 1.807) is 13.1 Å². The van der Waals surface area contributed by atoms with Crippen LogP contribution in [0.25, 0.3) is 0 Å². The molecule has 0 amide bonds. The van der Waals surface area contributed by atoms with Crippen molar-refractivity contribution in [2.45, 2.75) is 6.04 Å². The third-order valence-electron chi connectivity index (χ3n) is 2.77. The predicted molar refractivity (Wildman–Crippen MR) is 76.5 cm³/mol. The first-order valence-electron chi connectivity index (χ1n) is 5.50. The van der Waals surface area contributed by atoms with E-state index >= 15 is 0 Å². The Labute approximate surface area is 119 Å². The van der Waals surface area contributed by atoms with Crippen LogP contribution in [0.5, 0.6) is 0 Å². The van der Waals surface area contributed by atoms with Gasteiger partial charge in [-0.25, -0.2) is 4.39 Å². The average Bonchev–Trinajstić information content (AvgIpc) is 2.38. The lowest BCUT2D eigenvalue weighted by Crippen LogP contribution is -2.19. The molecule has 1 N–H and O–H groups in total. The number of benzene rings is 2. The van der Waals surface area contributed by atoms with Crippen molar-refractivity contribution >= 4 is 27.5 Å². The fraction of sp³-hybridized carbons (Fsp3) is 0.143. The molecule has 0 saturated carbocycles. The highest BCUT2D eigenvalue weighted by Crippen LogP contribution is 2.31. The molecule has 2 aromatic carbocycles. The van der Waals surface area contributed by atoms with Crippen molar-refractivity contribution in [2.75, 3.05) is 7.05 Å². The summed E-state index contributed by atoms with van der Waals surface area (Å²) < 4.78 is 14.6. The van der Waals surface area contributed by atoms with Gasteiger partial charge in [-0.1, -0.05) is 41.9 Å². The zero-order valence-electron chi connectivity index (χ0n) is 9.75. The van der Waals surface area contributed by atoms with E-state index in [-0.39, 0.29) is 11.9 Å². The number of hydrogen-bond acceptors (Lipinski definition) is 1. The Kier molecular flexibility index (Phi) is 4.38. The molecule has 0 fully saturated rings. The van der Waals surface area contributed by atoms with Gasteiger partial charge in [0.25, 0.3) is 0 Å². The molecule has 0 aliphatic carbocycles. The van der Waals surface area contributed by atoms with Gasteiger partial charge in [-0.3, -0.25) is 0 Å². The van der Waals surface area contributed by atoms with E-state index in [2.05, 4.69) is 21.2 Å². The minimum Gasteiger partial charge on any atom is -0.309 e. The summed E-state index contributed by atoms with van der Waals surface area (Å²) in [7, 11) is 1.80. The van der Waals surface area contributed by atoms with Crippen molar-refractivity contribution in [1.29, 1.82) is 0 Å². The minimum atomic E-state index is -0.283. The Bertz CT molecular complexity index is 545. The van der Waals surface area contributed by atoms with E-state index in [1.165, 1.54) is 6.07 Å². The molecule has 0 heterocycles. The highest BCUT2D eigenvalue weighted by atomic mass is 79.9. The Hall–Kier alpha value is -0.900. The maximum absolute atomic E-state index is 14.0. The van der Waals surface area contributed by atoms with E-state index in [0.29, 0.717) is 15.1 Å². The standard InChI is InChI=1S/C14H12BrClFN/c1-18-14(9-5-3-2-4-6-9)10-7-12(16)11(15)8-13(10)17/h2-8,14,18H,1H3. The summed E-state index contributed by atoms with van der Waals surface area (Å²) in [6.45, 7) is 0. The third-order valence-corrected chi connectivity index (χ3v) is 3.97. The van der Waals surface area contributed by atoms with Gasteiger partial charge >= 0.3 is 0 Å². The van der Waals surface area contributed by atoms with Crippen molar-refractivity contribution in [3.8, 4) is 0 Å². The summed E-state index contributed by atoms with van der Waals surface area (Å²) in [6, 6.07) is 12.5. The summed E-state index contributed by atoms with van der Waals surface area (Å²) in [6.07, 6.45) is 0. The van der Waals surface area contributed by atoms with Crippen LogP contribution in [0.15, 0.2) is 46.9 Å². The third kappa shape index (κ3) is 2.74. The second kappa shape index (κ2) is 5.83. The summed E-state index contributed by atoms with van der Waals surface area (Å²) in [5.74, 6) is -0.283. The van der Waals surface area contributed by atoms with E-state index in [0.717, 1.165) is 5.56 Å². The zero-order chi connectivity index (χ0) is 13.1. The molecule has 0 bridgehead atoms. The van der Waals surface area contributed by atoms with Gasteiger partial charge in [0.2, 0.25) is 0 Å². The quantitative estimate of drug-likeness (QED) is 0.815. The van der Waals surface area contributed by atoms with E-state index in [1.807, 2.05) is 30.3 Å². The minimum absolute atomic E-state index is 0.211. The Morgan fingerprint density at radius 3 is 2.50 bits per heavy atom. The molecule has 0 radical (unpaired) electrons. The van der Waals surface area contributed by atoms with Crippen molar-refractivity contribution in [1.82, 2.24) is 5.32 Å². The highest BCUT2D eigenvalue weighted by molar-refractivity contribution is 9.10. The molecule has 0 aromatic heterocycles. The molecule has 0 spiro atoms. The normalized spacial score (nSPS) is 12.4. The first kappa shape index (κ1) is 13.5. The summed E-state index contributed by atoms with van der Waals surface area (Å²) in [5.41, 5.74) is 1.54. The van der Waals surface area contributed by atoms with Crippen molar-refractivity contribution in [3.63, 3.8) is 0 Å². The van der Waals surface area contributed by atoms with Gasteiger partial charge in [-0.05, 0) is 40.7 Å². The first-order chi connectivity index (χ1) is 8.63. The molecule has 1 unspecified atom stereocenters. The van der Waals surface area contributed by atoms with Gasteiger partial charge in [-0.15, -0.1) is 0 Å². The molecule has 4 heteroatoms. The van der Waals surface area contributed by atoms with E-state index in [4.69, 9.17) is 11.6 Å². The van der Waals surface area contributed by atoms with Gasteiger partial charge in [0.15, 0.2) is 0 Å². The summed E-state index contributed by atoms with van der Waals surface area (Å²) in [5, 5.41) is 3.61. The number of nitrogens with one attached hydrogen (secondary N) is 1. The Balaban J connectivity index is 2.49. The van der Waals surface area contributed by atoms with Gasteiger partial charge in [-0.2, -0.15) is 0 Å². The van der Waals surface area contributed by atoms with Crippen molar-refractivity contribution in [2.24, 2.45) is 0 Å². The monoisotopic (exact) mass is 327 g/mol. The highest BCUT2D eigenvalue weighted by Gasteiger charge is 2.17. The van der Waals surface area contributed by atoms with Crippen molar-refractivity contribution in [3.05, 3.63) is 68.9 Å². The maximum Gasteiger partial charge on any atom is 0.129 e. The van der Waals surface area contributed by atoms with Gasteiger partial charge in [0.05, 0.1) is 11.1 Å². The van der Waals surface area contributed by atoms with Crippen LogP contribution >= 0.6 is 27.5 Å².